The summed E-state index contributed by atoms with van der Waals surface area (Å²) >= 11 is 1.42. The number of carbonyl (C=O) groups is 1. The van der Waals surface area contributed by atoms with E-state index < -0.39 is 0 Å². The maximum absolute atomic E-state index is 13.4. The molecule has 5 rings (SSSR count). The summed E-state index contributed by atoms with van der Waals surface area (Å²) in [6.07, 6.45) is 8.77. The van der Waals surface area contributed by atoms with E-state index in [0.717, 1.165) is 44.0 Å². The minimum absolute atomic E-state index is 0.0102. The average molecular weight is 454 g/mol. The lowest BCUT2D eigenvalue weighted by Crippen LogP contribution is -2.48. The van der Waals surface area contributed by atoms with Crippen molar-refractivity contribution in [3.63, 3.8) is 0 Å². The molecule has 2 atom stereocenters. The van der Waals surface area contributed by atoms with Crippen molar-refractivity contribution < 1.29 is 4.79 Å². The molecule has 1 aliphatic heterocycles. The van der Waals surface area contributed by atoms with Gasteiger partial charge in [0.25, 0.3) is 5.56 Å². The van der Waals surface area contributed by atoms with Crippen molar-refractivity contribution in [1.82, 2.24) is 24.1 Å². The fourth-order valence-corrected chi connectivity index (χ4v) is 6.38. The van der Waals surface area contributed by atoms with Crippen LogP contribution in [0.1, 0.15) is 71.3 Å². The maximum Gasteiger partial charge on any atom is 0.263 e. The van der Waals surface area contributed by atoms with Crippen LogP contribution < -0.4 is 5.56 Å². The highest BCUT2D eigenvalue weighted by atomic mass is 32.2. The van der Waals surface area contributed by atoms with Crippen LogP contribution in [0.3, 0.4) is 0 Å². The summed E-state index contributed by atoms with van der Waals surface area (Å²) in [7, 11) is 0. The third-order valence-electron chi connectivity index (χ3n) is 7.17. The van der Waals surface area contributed by atoms with E-state index in [4.69, 9.17) is 0 Å². The lowest BCUT2D eigenvalue weighted by molar-refractivity contribution is -0.134. The molecule has 3 heterocycles. The van der Waals surface area contributed by atoms with Gasteiger partial charge in [-0.05, 0) is 58.1 Å². The molecular formula is C24H31N5O2S. The van der Waals surface area contributed by atoms with Crippen LogP contribution >= 0.6 is 11.8 Å². The van der Waals surface area contributed by atoms with Gasteiger partial charge in [-0.1, -0.05) is 43.2 Å². The van der Waals surface area contributed by atoms with E-state index in [1.807, 2.05) is 38.1 Å². The zero-order valence-electron chi connectivity index (χ0n) is 18.9. The Bertz CT molecular complexity index is 1190. The fourth-order valence-electron chi connectivity index (χ4n) is 5.57. The number of amides is 1. The molecule has 3 aromatic rings. The van der Waals surface area contributed by atoms with E-state index in [1.54, 1.807) is 0 Å². The Morgan fingerprint density at radius 1 is 1.00 bits per heavy atom. The molecule has 0 unspecified atom stereocenters. The van der Waals surface area contributed by atoms with Crippen molar-refractivity contribution in [2.75, 3.05) is 5.75 Å². The summed E-state index contributed by atoms with van der Waals surface area (Å²) in [4.78, 5) is 28.5. The predicted molar refractivity (Wildman–Crippen MR) is 127 cm³/mol. The van der Waals surface area contributed by atoms with Gasteiger partial charge >= 0.3 is 0 Å². The van der Waals surface area contributed by atoms with Gasteiger partial charge in [-0.3, -0.25) is 18.6 Å². The maximum atomic E-state index is 13.4. The van der Waals surface area contributed by atoms with Crippen molar-refractivity contribution in [2.45, 2.75) is 88.5 Å². The number of rotatable bonds is 4. The molecule has 2 fully saturated rings. The second-order valence-electron chi connectivity index (χ2n) is 9.32. The monoisotopic (exact) mass is 453 g/mol. The zero-order chi connectivity index (χ0) is 22.2. The molecule has 0 bridgehead atoms. The molecule has 2 aliphatic rings. The van der Waals surface area contributed by atoms with Gasteiger partial charge in [0.05, 0.1) is 16.7 Å². The van der Waals surface area contributed by atoms with Crippen LogP contribution in [-0.4, -0.2) is 47.8 Å². The topological polar surface area (TPSA) is 72.5 Å². The molecule has 0 radical (unpaired) electrons. The number of thioether (sulfide) groups is 1. The number of fused-ring (bicyclic) bond motifs is 3. The van der Waals surface area contributed by atoms with E-state index in [0.29, 0.717) is 22.1 Å². The number of hydrogen-bond donors (Lipinski definition) is 0. The molecular weight excluding hydrogens is 422 g/mol. The van der Waals surface area contributed by atoms with Gasteiger partial charge in [-0.15, -0.1) is 10.2 Å². The predicted octanol–water partition coefficient (Wildman–Crippen LogP) is 4.43. The number of piperidine rings is 1. The van der Waals surface area contributed by atoms with Crippen molar-refractivity contribution in [2.24, 2.45) is 0 Å². The minimum atomic E-state index is 0.0102. The Hall–Kier alpha value is -2.35. The van der Waals surface area contributed by atoms with Crippen LogP contribution in [0.15, 0.2) is 34.2 Å². The molecule has 1 aromatic carbocycles. The smallest absolute Gasteiger partial charge is 0.263 e. The minimum Gasteiger partial charge on any atom is -0.337 e. The molecule has 170 valence electrons. The van der Waals surface area contributed by atoms with Crippen LogP contribution in [0.5, 0.6) is 0 Å². The molecule has 1 aliphatic carbocycles. The first-order valence-corrected chi connectivity index (χ1v) is 12.9. The standard InChI is InChI=1S/C24H31N5O2S/c1-16-9-8-10-17(2)27(16)21(30)15-32-24-26-25-23-28(18-11-4-3-5-12-18)22(31)19-13-6-7-14-20(19)29(23)24/h6-7,13-14,16-18H,3-5,8-12,15H2,1-2H3/t16-,17-/m1/s1. The summed E-state index contributed by atoms with van der Waals surface area (Å²) in [6.45, 7) is 4.28. The van der Waals surface area contributed by atoms with E-state index in [1.165, 1.54) is 24.6 Å². The first-order chi connectivity index (χ1) is 15.6. The van der Waals surface area contributed by atoms with Gasteiger partial charge in [0.2, 0.25) is 11.7 Å². The fraction of sp³-hybridized carbons (Fsp3) is 0.583. The number of aromatic nitrogens is 4. The van der Waals surface area contributed by atoms with E-state index in [-0.39, 0.29) is 29.6 Å². The van der Waals surface area contributed by atoms with Gasteiger partial charge in [0.15, 0.2) is 5.16 Å². The Balaban J connectivity index is 1.53. The second-order valence-corrected chi connectivity index (χ2v) is 10.3. The Labute approximate surface area is 192 Å². The largest absolute Gasteiger partial charge is 0.337 e. The van der Waals surface area contributed by atoms with Crippen LogP contribution in [-0.2, 0) is 4.79 Å². The summed E-state index contributed by atoms with van der Waals surface area (Å²) < 4.78 is 3.83. The first-order valence-electron chi connectivity index (χ1n) is 11.9. The summed E-state index contributed by atoms with van der Waals surface area (Å²) in [5, 5.41) is 10.2. The van der Waals surface area contributed by atoms with Crippen LogP contribution in [0.25, 0.3) is 16.7 Å². The van der Waals surface area contributed by atoms with Crippen molar-refractivity contribution in [1.29, 1.82) is 0 Å². The van der Waals surface area contributed by atoms with E-state index in [2.05, 4.69) is 24.0 Å². The molecule has 1 saturated carbocycles. The number of carbonyl (C=O) groups excluding carboxylic acids is 1. The summed E-state index contributed by atoms with van der Waals surface area (Å²) in [5.41, 5.74) is 0.815. The van der Waals surface area contributed by atoms with Gasteiger partial charge in [0, 0.05) is 18.1 Å². The van der Waals surface area contributed by atoms with Crippen LogP contribution in [0.2, 0.25) is 0 Å². The highest BCUT2D eigenvalue weighted by molar-refractivity contribution is 7.99. The van der Waals surface area contributed by atoms with E-state index >= 15 is 0 Å². The zero-order valence-corrected chi connectivity index (χ0v) is 19.7. The van der Waals surface area contributed by atoms with Crippen LogP contribution in [0, 0.1) is 0 Å². The Kier molecular flexibility index (Phi) is 5.97. The molecule has 2 aromatic heterocycles. The lowest BCUT2D eigenvalue weighted by Gasteiger charge is -2.39. The summed E-state index contributed by atoms with van der Waals surface area (Å²) in [5.74, 6) is 1.07. The van der Waals surface area contributed by atoms with Crippen molar-refractivity contribution >= 4 is 34.3 Å². The third-order valence-corrected chi connectivity index (χ3v) is 8.09. The van der Waals surface area contributed by atoms with Crippen LogP contribution in [0.4, 0.5) is 0 Å². The third kappa shape index (κ3) is 3.72. The highest BCUT2D eigenvalue weighted by Gasteiger charge is 2.29. The Morgan fingerprint density at radius 3 is 2.47 bits per heavy atom. The molecule has 8 heteroatoms. The van der Waals surface area contributed by atoms with E-state index in [9.17, 15) is 9.59 Å². The molecule has 0 N–H and O–H groups in total. The summed E-state index contributed by atoms with van der Waals surface area (Å²) in [6, 6.07) is 8.37. The first kappa shape index (κ1) is 21.5. The van der Waals surface area contributed by atoms with Gasteiger partial charge in [-0.25, -0.2) is 0 Å². The molecule has 1 saturated heterocycles. The van der Waals surface area contributed by atoms with Gasteiger partial charge in [0.1, 0.15) is 0 Å². The number of likely N-dealkylation sites (tertiary alicyclic amines) is 1. The SMILES string of the molecule is C[C@@H]1CCC[C@@H](C)N1C(=O)CSc1nnc2n(C3CCCCC3)c(=O)c3ccccc3n12. The van der Waals surface area contributed by atoms with Crippen molar-refractivity contribution in [3.05, 3.63) is 34.6 Å². The Morgan fingerprint density at radius 2 is 1.72 bits per heavy atom. The second kappa shape index (κ2) is 8.89. The normalized spacial score (nSPS) is 22.6. The number of nitrogens with zero attached hydrogens (tertiary/aromatic N) is 5. The lowest BCUT2D eigenvalue weighted by atomic mass is 9.95. The quantitative estimate of drug-likeness (QED) is 0.547. The van der Waals surface area contributed by atoms with Gasteiger partial charge < -0.3 is 4.90 Å². The van der Waals surface area contributed by atoms with Crippen molar-refractivity contribution in [3.8, 4) is 0 Å². The highest BCUT2D eigenvalue weighted by Crippen LogP contribution is 2.31. The number of hydrogen-bond acceptors (Lipinski definition) is 5. The molecule has 1 amide bonds. The number of para-hydroxylation sites is 1. The average Bonchev–Trinajstić information content (AvgIpc) is 3.22. The molecule has 0 spiro atoms. The molecule has 7 nitrogen and oxygen atoms in total. The number of benzene rings is 1. The van der Waals surface area contributed by atoms with Gasteiger partial charge in [-0.2, -0.15) is 0 Å². The molecule has 32 heavy (non-hydrogen) atoms.